The number of alkyl halides is 3. The van der Waals surface area contributed by atoms with Crippen LogP contribution in [0.15, 0.2) is 41.5 Å². The van der Waals surface area contributed by atoms with Crippen molar-refractivity contribution in [3.63, 3.8) is 0 Å². The van der Waals surface area contributed by atoms with Crippen LogP contribution in [0.1, 0.15) is 41.1 Å². The summed E-state index contributed by atoms with van der Waals surface area (Å²) in [5.41, 5.74) is 1.30. The summed E-state index contributed by atoms with van der Waals surface area (Å²) in [7, 11) is 0. The predicted molar refractivity (Wildman–Crippen MR) is 104 cm³/mol. The molecule has 29 heavy (non-hydrogen) atoms. The van der Waals surface area contributed by atoms with E-state index in [9.17, 15) is 18.0 Å². The number of nitrogens with one attached hydrogen (secondary N) is 1. The lowest BCUT2D eigenvalue weighted by Gasteiger charge is -2.24. The molecule has 0 radical (unpaired) electrons. The minimum absolute atomic E-state index is 0.0633. The van der Waals surface area contributed by atoms with Gasteiger partial charge in [0.05, 0.1) is 28.8 Å². The average molecular weight is 402 g/mol. The first kappa shape index (κ1) is 19.6. The maximum Gasteiger partial charge on any atom is 0.418 e. The van der Waals surface area contributed by atoms with E-state index in [2.05, 4.69) is 15.3 Å². The molecule has 1 aliphatic heterocycles. The van der Waals surface area contributed by atoms with Crippen LogP contribution in [0.2, 0.25) is 0 Å². The molecule has 8 heteroatoms. The van der Waals surface area contributed by atoms with E-state index in [0.717, 1.165) is 37.6 Å². The highest BCUT2D eigenvalue weighted by atomic mass is 19.4. The van der Waals surface area contributed by atoms with Gasteiger partial charge in [0.2, 0.25) is 0 Å². The quantitative estimate of drug-likeness (QED) is 0.727. The van der Waals surface area contributed by atoms with E-state index in [-0.39, 0.29) is 23.7 Å². The van der Waals surface area contributed by atoms with Crippen LogP contribution in [-0.4, -0.2) is 27.6 Å². The number of hydrogen-bond acceptors (Lipinski definition) is 4. The summed E-state index contributed by atoms with van der Waals surface area (Å²) in [6.07, 6.45) is 0.0982. The van der Waals surface area contributed by atoms with Gasteiger partial charge in [-0.15, -0.1) is 0 Å². The molecule has 0 aliphatic carbocycles. The zero-order valence-electron chi connectivity index (χ0n) is 16.0. The van der Waals surface area contributed by atoms with Gasteiger partial charge < -0.3 is 9.88 Å². The molecule has 0 atom stereocenters. The summed E-state index contributed by atoms with van der Waals surface area (Å²) in [4.78, 5) is 21.7. The maximum absolute atomic E-state index is 13.5. The van der Waals surface area contributed by atoms with Crippen molar-refractivity contribution in [3.8, 4) is 0 Å². The Hall–Kier alpha value is -2.74. The van der Waals surface area contributed by atoms with Crippen molar-refractivity contribution >= 4 is 11.0 Å². The first-order valence-electron chi connectivity index (χ1n) is 9.56. The number of pyridine rings is 3. The van der Waals surface area contributed by atoms with Gasteiger partial charge >= 0.3 is 6.18 Å². The second-order valence-electron chi connectivity index (χ2n) is 7.43. The Balaban J connectivity index is 1.90. The number of nitrogens with zero attached hydrogens (tertiary/aromatic N) is 3. The molecular formula is C21H21F3N4O. The fraction of sp³-hybridized carbons (Fsp3) is 0.381. The lowest BCUT2D eigenvalue weighted by Crippen LogP contribution is -2.32. The van der Waals surface area contributed by atoms with E-state index in [4.69, 9.17) is 0 Å². The third-order valence-electron chi connectivity index (χ3n) is 5.39. The number of aryl methyl sites for hydroxylation is 1. The van der Waals surface area contributed by atoms with Crippen LogP contribution in [0.3, 0.4) is 0 Å². The number of fused-ring (bicyclic) bond motifs is 1. The lowest BCUT2D eigenvalue weighted by atomic mass is 9.90. The largest absolute Gasteiger partial charge is 0.418 e. The number of rotatable bonds is 3. The number of piperidine rings is 1. The Labute approximate surface area is 165 Å². The van der Waals surface area contributed by atoms with Crippen LogP contribution < -0.4 is 10.9 Å². The summed E-state index contributed by atoms with van der Waals surface area (Å²) in [6, 6.07) is 5.83. The standard InChI is InChI=1S/C21H21F3N4O/c1-13-9-19-17(27-11-13)10-15(14-4-7-25-8-5-14)20(29)28(19)12-18-16(21(22,23)24)3-2-6-26-18/h2-3,6,9-11,14,25H,4-5,7-8,12H2,1H3. The SMILES string of the molecule is Cc1cnc2cc(C3CCNCC3)c(=O)n(Cc3ncccc3C(F)(F)F)c2c1. The molecule has 0 bridgehead atoms. The molecule has 1 saturated heterocycles. The fourth-order valence-electron chi connectivity index (χ4n) is 3.92. The molecule has 0 saturated carbocycles. The van der Waals surface area contributed by atoms with Gasteiger partial charge in [0.15, 0.2) is 0 Å². The van der Waals surface area contributed by atoms with Crippen molar-refractivity contribution in [2.24, 2.45) is 0 Å². The van der Waals surface area contributed by atoms with Crippen molar-refractivity contribution in [2.45, 2.75) is 38.4 Å². The van der Waals surface area contributed by atoms with Crippen molar-refractivity contribution in [1.82, 2.24) is 19.9 Å². The molecule has 0 spiro atoms. The number of halogens is 3. The summed E-state index contributed by atoms with van der Waals surface area (Å²) < 4.78 is 41.8. The van der Waals surface area contributed by atoms with Crippen molar-refractivity contribution in [2.75, 3.05) is 13.1 Å². The monoisotopic (exact) mass is 402 g/mol. The first-order valence-corrected chi connectivity index (χ1v) is 9.56. The third-order valence-corrected chi connectivity index (χ3v) is 5.39. The van der Waals surface area contributed by atoms with Gasteiger partial charge in [-0.1, -0.05) is 0 Å². The number of hydrogen-bond donors (Lipinski definition) is 1. The number of aromatic nitrogens is 3. The summed E-state index contributed by atoms with van der Waals surface area (Å²) in [6.45, 7) is 3.20. The summed E-state index contributed by atoms with van der Waals surface area (Å²) >= 11 is 0. The van der Waals surface area contributed by atoms with Crippen LogP contribution in [0, 0.1) is 6.92 Å². The third kappa shape index (κ3) is 3.89. The van der Waals surface area contributed by atoms with Crippen LogP contribution in [0.5, 0.6) is 0 Å². The zero-order chi connectivity index (χ0) is 20.6. The van der Waals surface area contributed by atoms with Gasteiger partial charge in [-0.25, -0.2) is 0 Å². The molecule has 1 aliphatic rings. The van der Waals surface area contributed by atoms with E-state index in [1.165, 1.54) is 16.8 Å². The van der Waals surface area contributed by atoms with Gasteiger partial charge in [0.1, 0.15) is 0 Å². The second kappa shape index (κ2) is 7.59. The van der Waals surface area contributed by atoms with Gasteiger partial charge in [0, 0.05) is 18.0 Å². The molecule has 3 aromatic rings. The topological polar surface area (TPSA) is 59.8 Å². The summed E-state index contributed by atoms with van der Waals surface area (Å²) in [5.74, 6) is 0.0633. The molecule has 4 heterocycles. The van der Waals surface area contributed by atoms with Crippen LogP contribution >= 0.6 is 0 Å². The molecule has 5 nitrogen and oxygen atoms in total. The smallest absolute Gasteiger partial charge is 0.317 e. The molecule has 0 unspecified atom stereocenters. The van der Waals surface area contributed by atoms with Gasteiger partial charge in [-0.2, -0.15) is 13.2 Å². The van der Waals surface area contributed by atoms with E-state index in [1.807, 2.05) is 6.92 Å². The molecule has 1 fully saturated rings. The Bertz CT molecular complexity index is 1100. The van der Waals surface area contributed by atoms with E-state index < -0.39 is 11.7 Å². The van der Waals surface area contributed by atoms with Crippen LogP contribution in [-0.2, 0) is 12.7 Å². The van der Waals surface area contributed by atoms with Crippen LogP contribution in [0.4, 0.5) is 13.2 Å². The normalized spacial score (nSPS) is 15.7. The molecular weight excluding hydrogens is 381 g/mol. The second-order valence-corrected chi connectivity index (χ2v) is 7.43. The Morgan fingerprint density at radius 3 is 2.69 bits per heavy atom. The molecule has 1 N–H and O–H groups in total. The van der Waals surface area contributed by atoms with Crippen molar-refractivity contribution < 1.29 is 13.2 Å². The maximum atomic E-state index is 13.5. The Morgan fingerprint density at radius 1 is 1.21 bits per heavy atom. The average Bonchev–Trinajstić information content (AvgIpc) is 2.70. The van der Waals surface area contributed by atoms with E-state index in [1.54, 1.807) is 18.3 Å². The fourth-order valence-corrected chi connectivity index (χ4v) is 3.92. The first-order chi connectivity index (χ1) is 13.8. The van der Waals surface area contributed by atoms with Gasteiger partial charge in [-0.3, -0.25) is 14.8 Å². The highest BCUT2D eigenvalue weighted by molar-refractivity contribution is 5.76. The molecule has 3 aromatic heterocycles. The molecule has 152 valence electrons. The minimum Gasteiger partial charge on any atom is -0.317 e. The Kier molecular flexibility index (Phi) is 5.12. The lowest BCUT2D eigenvalue weighted by molar-refractivity contribution is -0.138. The van der Waals surface area contributed by atoms with E-state index >= 15 is 0 Å². The Morgan fingerprint density at radius 2 is 1.97 bits per heavy atom. The van der Waals surface area contributed by atoms with E-state index in [0.29, 0.717) is 16.6 Å². The van der Waals surface area contributed by atoms with Crippen LogP contribution in [0.25, 0.3) is 11.0 Å². The molecule has 0 amide bonds. The molecule has 4 rings (SSSR count). The molecule has 0 aromatic carbocycles. The summed E-state index contributed by atoms with van der Waals surface area (Å²) in [5, 5.41) is 3.27. The van der Waals surface area contributed by atoms with Crippen molar-refractivity contribution in [1.29, 1.82) is 0 Å². The van der Waals surface area contributed by atoms with Gasteiger partial charge in [0.25, 0.3) is 5.56 Å². The predicted octanol–water partition coefficient (Wildman–Crippen LogP) is 3.63. The van der Waals surface area contributed by atoms with Crippen molar-refractivity contribution in [3.05, 3.63) is 69.4 Å². The minimum atomic E-state index is -4.54. The zero-order valence-corrected chi connectivity index (χ0v) is 16.0. The highest BCUT2D eigenvalue weighted by Crippen LogP contribution is 2.32. The highest BCUT2D eigenvalue weighted by Gasteiger charge is 2.34. The van der Waals surface area contributed by atoms with Gasteiger partial charge in [-0.05, 0) is 68.6 Å².